The lowest BCUT2D eigenvalue weighted by atomic mass is 10.2. The maximum atomic E-state index is 11.2. The number of carbonyl (C=O) groups is 1. The van der Waals surface area contributed by atoms with E-state index >= 15 is 0 Å². The zero-order valence-electron chi connectivity index (χ0n) is 7.71. The topological polar surface area (TPSA) is 72.5 Å². The van der Waals surface area contributed by atoms with Gasteiger partial charge in [0, 0.05) is 5.41 Å². The molecule has 6 heteroatoms. The van der Waals surface area contributed by atoms with Crippen molar-refractivity contribution in [3.63, 3.8) is 0 Å². The molecule has 0 atom stereocenters. The highest BCUT2D eigenvalue weighted by Crippen LogP contribution is 2.00. The Bertz CT molecular complexity index is 452. The fraction of sp³-hybridized carbons (Fsp3) is 0. The van der Waals surface area contributed by atoms with E-state index in [0.717, 1.165) is 0 Å². The van der Waals surface area contributed by atoms with Gasteiger partial charge >= 0.3 is 5.97 Å². The van der Waals surface area contributed by atoms with Gasteiger partial charge < -0.3 is 4.84 Å². The first-order chi connectivity index (χ1) is 7.05. The second-order valence-corrected chi connectivity index (χ2v) is 4.14. The van der Waals surface area contributed by atoms with Crippen molar-refractivity contribution in [2.24, 2.45) is 0 Å². The third kappa shape index (κ3) is 3.53. The average Bonchev–Trinajstić information content (AvgIpc) is 2.27. The van der Waals surface area contributed by atoms with Crippen molar-refractivity contribution in [2.75, 3.05) is 0 Å². The van der Waals surface area contributed by atoms with E-state index in [0.29, 0.717) is 5.41 Å². The lowest BCUT2D eigenvalue weighted by Crippen LogP contribution is -2.25. The molecule has 0 radical (unpaired) electrons. The van der Waals surface area contributed by atoms with Gasteiger partial charge in [0.1, 0.15) is 0 Å². The Morgan fingerprint density at radius 1 is 1.33 bits per heavy atom. The van der Waals surface area contributed by atoms with Gasteiger partial charge in [-0.2, -0.15) is 0 Å². The number of benzene rings is 1. The van der Waals surface area contributed by atoms with E-state index in [4.69, 9.17) is 0 Å². The molecule has 80 valence electrons. The highest BCUT2D eigenvalue weighted by atomic mass is 32.2. The molecule has 0 bridgehead atoms. The first-order valence-electron chi connectivity index (χ1n) is 3.95. The molecule has 0 aliphatic carbocycles. The van der Waals surface area contributed by atoms with Crippen LogP contribution in [0.3, 0.4) is 0 Å². The lowest BCUT2D eigenvalue weighted by molar-refractivity contribution is 0.0409. The Morgan fingerprint density at radius 2 is 1.93 bits per heavy atom. The molecule has 0 spiro atoms. The maximum absolute atomic E-state index is 11.2. The summed E-state index contributed by atoms with van der Waals surface area (Å²) in [5.41, 5.74) is 0.254. The van der Waals surface area contributed by atoms with E-state index in [1.807, 2.05) is 0 Å². The normalized spacial score (nSPS) is 10.7. The van der Waals surface area contributed by atoms with Gasteiger partial charge in [-0.25, -0.2) is 13.2 Å². The summed E-state index contributed by atoms with van der Waals surface area (Å²) in [6.07, 6.45) is 0. The average molecular weight is 227 g/mol. The summed E-state index contributed by atoms with van der Waals surface area (Å²) in [7, 11) is -3.75. The molecule has 0 fully saturated rings. The van der Waals surface area contributed by atoms with Crippen LogP contribution in [0.2, 0.25) is 0 Å². The summed E-state index contributed by atoms with van der Waals surface area (Å²) >= 11 is 0. The van der Waals surface area contributed by atoms with E-state index in [1.54, 1.807) is 23.1 Å². The highest BCUT2D eigenvalue weighted by Gasteiger charge is 2.10. The van der Waals surface area contributed by atoms with Crippen LogP contribution >= 0.6 is 0 Å². The van der Waals surface area contributed by atoms with E-state index in [9.17, 15) is 13.2 Å². The monoisotopic (exact) mass is 227 g/mol. The van der Waals surface area contributed by atoms with Crippen molar-refractivity contribution in [3.05, 3.63) is 47.9 Å². The van der Waals surface area contributed by atoms with Gasteiger partial charge in [0.15, 0.2) is 0 Å². The molecular formula is C9H9NO4S. The van der Waals surface area contributed by atoms with E-state index in [-0.39, 0.29) is 5.56 Å². The van der Waals surface area contributed by atoms with Crippen LogP contribution < -0.4 is 4.89 Å². The number of hydrogen-bond donors (Lipinski definition) is 1. The van der Waals surface area contributed by atoms with Crippen molar-refractivity contribution in [1.82, 2.24) is 4.89 Å². The van der Waals surface area contributed by atoms with Crippen molar-refractivity contribution in [3.8, 4) is 0 Å². The molecule has 15 heavy (non-hydrogen) atoms. The molecule has 0 aliphatic heterocycles. The molecule has 0 heterocycles. The van der Waals surface area contributed by atoms with Gasteiger partial charge in [0.25, 0.3) is 10.0 Å². The summed E-state index contributed by atoms with van der Waals surface area (Å²) in [6.45, 7) is 3.04. The van der Waals surface area contributed by atoms with Crippen LogP contribution in [0.4, 0.5) is 0 Å². The predicted molar refractivity (Wildman–Crippen MR) is 54.1 cm³/mol. The second kappa shape index (κ2) is 4.72. The molecule has 5 nitrogen and oxygen atoms in total. The van der Waals surface area contributed by atoms with Gasteiger partial charge in [0.2, 0.25) is 0 Å². The van der Waals surface area contributed by atoms with Crippen LogP contribution in [0.25, 0.3) is 0 Å². The smallest absolute Gasteiger partial charge is 0.351 e. The van der Waals surface area contributed by atoms with Gasteiger partial charge in [0.05, 0.1) is 5.56 Å². The van der Waals surface area contributed by atoms with Crippen molar-refractivity contribution in [2.45, 2.75) is 0 Å². The molecule has 1 aromatic carbocycles. The highest BCUT2D eigenvalue weighted by molar-refractivity contribution is 7.92. The molecule has 0 unspecified atom stereocenters. The Morgan fingerprint density at radius 3 is 2.47 bits per heavy atom. The Kier molecular flexibility index (Phi) is 3.59. The molecule has 1 rings (SSSR count). The number of hydrogen-bond acceptors (Lipinski definition) is 4. The number of sulfonamides is 1. The zero-order chi connectivity index (χ0) is 11.3. The summed E-state index contributed by atoms with van der Waals surface area (Å²) < 4.78 is 21.7. The number of rotatable bonds is 4. The molecule has 0 aliphatic rings. The lowest BCUT2D eigenvalue weighted by Gasteiger charge is -2.02. The van der Waals surface area contributed by atoms with Gasteiger partial charge in [-0.15, -0.1) is 0 Å². The predicted octanol–water partition coefficient (Wildman–Crippen LogP) is 0.821. The van der Waals surface area contributed by atoms with Gasteiger partial charge in [-0.1, -0.05) is 24.8 Å². The molecular weight excluding hydrogens is 218 g/mol. The first kappa shape index (κ1) is 11.4. The minimum absolute atomic E-state index is 0.254. The maximum Gasteiger partial charge on any atom is 0.357 e. The van der Waals surface area contributed by atoms with Crippen LogP contribution in [0.15, 0.2) is 42.3 Å². The molecule has 0 aromatic heterocycles. The van der Waals surface area contributed by atoms with Gasteiger partial charge in [-0.05, 0) is 17.0 Å². The third-order valence-corrected chi connectivity index (χ3v) is 2.23. The summed E-state index contributed by atoms with van der Waals surface area (Å²) in [6, 6.07) is 8.01. The van der Waals surface area contributed by atoms with Crippen LogP contribution in [0.5, 0.6) is 0 Å². The zero-order valence-corrected chi connectivity index (χ0v) is 8.53. The summed E-state index contributed by atoms with van der Waals surface area (Å²) in [5, 5.41) is 0.644. The van der Waals surface area contributed by atoms with Crippen molar-refractivity contribution in [1.29, 1.82) is 0 Å². The van der Waals surface area contributed by atoms with Crippen LogP contribution in [-0.4, -0.2) is 14.4 Å². The standard InChI is InChI=1S/C9H9NO4S/c1-2-15(12,13)10-14-9(11)8-6-4-3-5-7-8/h2-7,10H,1H2. The SMILES string of the molecule is C=CS(=O)(=O)NOC(=O)c1ccccc1. The molecule has 0 saturated carbocycles. The first-order valence-corrected chi connectivity index (χ1v) is 5.50. The van der Waals surface area contributed by atoms with E-state index in [2.05, 4.69) is 11.4 Å². The molecule has 0 saturated heterocycles. The quantitative estimate of drug-likeness (QED) is 0.773. The Labute approximate surface area is 87.4 Å². The third-order valence-electron chi connectivity index (χ3n) is 1.48. The largest absolute Gasteiger partial charge is 0.357 e. The summed E-state index contributed by atoms with van der Waals surface area (Å²) in [5.74, 6) is -0.777. The van der Waals surface area contributed by atoms with Crippen LogP contribution in [0.1, 0.15) is 10.4 Å². The summed E-state index contributed by atoms with van der Waals surface area (Å²) in [4.78, 5) is 17.2. The molecule has 1 aromatic rings. The van der Waals surface area contributed by atoms with Crippen LogP contribution in [-0.2, 0) is 14.9 Å². The number of carbonyl (C=O) groups excluding carboxylic acids is 1. The van der Waals surface area contributed by atoms with Gasteiger partial charge in [-0.3, -0.25) is 0 Å². The fourth-order valence-electron chi connectivity index (χ4n) is 0.763. The Hall–Kier alpha value is -1.66. The minimum atomic E-state index is -3.75. The minimum Gasteiger partial charge on any atom is -0.351 e. The fourth-order valence-corrected chi connectivity index (χ4v) is 1.02. The van der Waals surface area contributed by atoms with E-state index in [1.165, 1.54) is 12.1 Å². The van der Waals surface area contributed by atoms with Crippen LogP contribution in [0, 0.1) is 0 Å². The molecule has 0 amide bonds. The van der Waals surface area contributed by atoms with Crippen molar-refractivity contribution < 1.29 is 18.0 Å². The Balaban J connectivity index is 2.63. The van der Waals surface area contributed by atoms with E-state index < -0.39 is 16.0 Å². The second-order valence-electron chi connectivity index (χ2n) is 2.55. The van der Waals surface area contributed by atoms with Crippen molar-refractivity contribution >= 4 is 16.0 Å². The number of nitrogens with one attached hydrogen (secondary N) is 1. The molecule has 1 N–H and O–H groups in total.